The van der Waals surface area contributed by atoms with Crippen molar-refractivity contribution in [1.29, 1.82) is 5.26 Å². The number of aromatic nitrogens is 2. The number of rotatable bonds is 5. The lowest BCUT2D eigenvalue weighted by Crippen LogP contribution is -2.38. The average Bonchev–Trinajstić information content (AvgIpc) is 3.13. The van der Waals surface area contributed by atoms with E-state index in [0.717, 1.165) is 49.0 Å². The van der Waals surface area contributed by atoms with E-state index in [2.05, 4.69) is 16.1 Å². The third-order valence-electron chi connectivity index (χ3n) is 4.73. The maximum Gasteiger partial charge on any atom is 0.0991 e. The molecule has 0 atom stereocenters. The predicted molar refractivity (Wildman–Crippen MR) is 93.1 cm³/mol. The summed E-state index contributed by atoms with van der Waals surface area (Å²) in [5.74, 6) is 0. The molecule has 2 aromatic rings. The van der Waals surface area contributed by atoms with E-state index in [1.165, 1.54) is 0 Å². The second-order valence-electron chi connectivity index (χ2n) is 6.97. The lowest BCUT2D eigenvalue weighted by atomic mass is 10.0. The van der Waals surface area contributed by atoms with Crippen LogP contribution in [0.1, 0.15) is 36.8 Å². The normalized spacial score (nSPS) is 16.5. The first kappa shape index (κ1) is 16.7. The molecular formula is C19H24N4O. The largest absolute Gasteiger partial charge is 0.389 e. The Morgan fingerprint density at radius 3 is 2.58 bits per heavy atom. The van der Waals surface area contributed by atoms with Crippen molar-refractivity contribution in [2.45, 2.75) is 37.8 Å². The molecule has 1 aromatic heterocycles. The molecule has 1 N–H and O–H groups in total. The Bertz CT molecular complexity index is 736. The van der Waals surface area contributed by atoms with E-state index < -0.39 is 5.60 Å². The number of aryl methyl sites for hydroxylation is 1. The molecule has 1 aliphatic rings. The van der Waals surface area contributed by atoms with E-state index in [1.807, 2.05) is 49.2 Å². The highest BCUT2D eigenvalue weighted by Crippen LogP contribution is 2.31. The second kappa shape index (κ2) is 6.76. The van der Waals surface area contributed by atoms with Gasteiger partial charge < -0.3 is 5.11 Å². The van der Waals surface area contributed by atoms with Gasteiger partial charge in [-0.2, -0.15) is 10.4 Å². The average molecular weight is 324 g/mol. The van der Waals surface area contributed by atoms with Crippen LogP contribution in [0.5, 0.6) is 0 Å². The van der Waals surface area contributed by atoms with Crippen LogP contribution in [0.15, 0.2) is 30.5 Å². The van der Waals surface area contributed by atoms with Crippen molar-refractivity contribution in [2.75, 3.05) is 13.6 Å². The first-order chi connectivity index (χ1) is 11.5. The zero-order chi connectivity index (χ0) is 17.2. The molecule has 5 nitrogen and oxygen atoms in total. The smallest absolute Gasteiger partial charge is 0.0991 e. The second-order valence-corrected chi connectivity index (χ2v) is 6.97. The van der Waals surface area contributed by atoms with E-state index in [4.69, 9.17) is 5.26 Å². The van der Waals surface area contributed by atoms with Crippen molar-refractivity contribution < 1.29 is 5.11 Å². The number of hydrogen-bond donors (Lipinski definition) is 1. The van der Waals surface area contributed by atoms with Crippen molar-refractivity contribution in [2.24, 2.45) is 7.05 Å². The summed E-state index contributed by atoms with van der Waals surface area (Å²) in [6.07, 6.45) is 6.06. The van der Waals surface area contributed by atoms with E-state index in [-0.39, 0.29) is 0 Å². The molecule has 0 amide bonds. The van der Waals surface area contributed by atoms with Crippen LogP contribution >= 0.6 is 0 Å². The summed E-state index contributed by atoms with van der Waals surface area (Å²) in [7, 11) is 3.97. The fourth-order valence-electron chi connectivity index (χ4n) is 3.64. The Labute approximate surface area is 143 Å². The van der Waals surface area contributed by atoms with Gasteiger partial charge in [0.1, 0.15) is 0 Å². The quantitative estimate of drug-likeness (QED) is 0.918. The molecule has 126 valence electrons. The SMILES string of the molecule is CN(Cc1cn(C)nc1-c1ccc(C#N)cc1)CC1(O)CCCC1. The molecule has 1 fully saturated rings. The zero-order valence-electron chi connectivity index (χ0n) is 14.4. The monoisotopic (exact) mass is 324 g/mol. The predicted octanol–water partition coefficient (Wildman–Crippen LogP) is 2.70. The van der Waals surface area contributed by atoms with Gasteiger partial charge in [0.05, 0.1) is 22.9 Å². The van der Waals surface area contributed by atoms with Gasteiger partial charge in [-0.15, -0.1) is 0 Å². The van der Waals surface area contributed by atoms with E-state index in [0.29, 0.717) is 12.1 Å². The summed E-state index contributed by atoms with van der Waals surface area (Å²) in [6, 6.07) is 9.66. The Kier molecular flexibility index (Phi) is 4.70. The van der Waals surface area contributed by atoms with Gasteiger partial charge in [-0.1, -0.05) is 25.0 Å². The van der Waals surface area contributed by atoms with Crippen molar-refractivity contribution in [3.05, 3.63) is 41.6 Å². The van der Waals surface area contributed by atoms with Crippen LogP contribution in [0.25, 0.3) is 11.3 Å². The van der Waals surface area contributed by atoms with Gasteiger partial charge >= 0.3 is 0 Å². The molecule has 0 aliphatic heterocycles. The van der Waals surface area contributed by atoms with Crippen LogP contribution in [0.4, 0.5) is 0 Å². The molecule has 0 unspecified atom stereocenters. The first-order valence-corrected chi connectivity index (χ1v) is 8.43. The molecule has 3 rings (SSSR count). The number of benzene rings is 1. The van der Waals surface area contributed by atoms with Gasteiger partial charge in [-0.3, -0.25) is 9.58 Å². The van der Waals surface area contributed by atoms with Crippen molar-refractivity contribution >= 4 is 0 Å². The minimum absolute atomic E-state index is 0.536. The van der Waals surface area contributed by atoms with Gasteiger partial charge in [-0.05, 0) is 32.0 Å². The molecule has 0 radical (unpaired) electrons. The summed E-state index contributed by atoms with van der Waals surface area (Å²) in [4.78, 5) is 2.18. The number of aliphatic hydroxyl groups is 1. The van der Waals surface area contributed by atoms with Crippen molar-refractivity contribution in [1.82, 2.24) is 14.7 Å². The van der Waals surface area contributed by atoms with Gasteiger partial charge in [0.15, 0.2) is 0 Å². The third kappa shape index (κ3) is 3.66. The summed E-state index contributed by atoms with van der Waals surface area (Å²) in [5.41, 5.74) is 3.19. The van der Waals surface area contributed by atoms with Crippen LogP contribution in [0.2, 0.25) is 0 Å². The third-order valence-corrected chi connectivity index (χ3v) is 4.73. The molecule has 0 saturated heterocycles. The number of hydrogen-bond acceptors (Lipinski definition) is 4. The molecule has 1 aliphatic carbocycles. The zero-order valence-corrected chi connectivity index (χ0v) is 14.4. The van der Waals surface area contributed by atoms with Crippen LogP contribution < -0.4 is 0 Å². The van der Waals surface area contributed by atoms with Crippen molar-refractivity contribution in [3.63, 3.8) is 0 Å². The highest BCUT2D eigenvalue weighted by atomic mass is 16.3. The highest BCUT2D eigenvalue weighted by Gasteiger charge is 2.32. The van der Waals surface area contributed by atoms with Gasteiger partial charge in [0.25, 0.3) is 0 Å². The van der Waals surface area contributed by atoms with Crippen LogP contribution in [-0.2, 0) is 13.6 Å². The Morgan fingerprint density at radius 1 is 1.29 bits per heavy atom. The van der Waals surface area contributed by atoms with E-state index >= 15 is 0 Å². The summed E-state index contributed by atoms with van der Waals surface area (Å²) >= 11 is 0. The van der Waals surface area contributed by atoms with Gasteiger partial charge in [0.2, 0.25) is 0 Å². The fourth-order valence-corrected chi connectivity index (χ4v) is 3.64. The lowest BCUT2D eigenvalue weighted by molar-refractivity contribution is 0.0145. The maximum absolute atomic E-state index is 10.6. The number of nitrogens with zero attached hydrogens (tertiary/aromatic N) is 4. The summed E-state index contributed by atoms with van der Waals surface area (Å²) in [6.45, 7) is 1.43. The minimum atomic E-state index is -0.536. The van der Waals surface area contributed by atoms with Crippen LogP contribution in [-0.4, -0.2) is 39.0 Å². The summed E-state index contributed by atoms with van der Waals surface area (Å²) in [5, 5.41) is 24.1. The topological polar surface area (TPSA) is 65.1 Å². The van der Waals surface area contributed by atoms with Crippen LogP contribution in [0.3, 0.4) is 0 Å². The Morgan fingerprint density at radius 2 is 1.96 bits per heavy atom. The molecular weight excluding hydrogens is 300 g/mol. The summed E-state index contributed by atoms with van der Waals surface area (Å²) < 4.78 is 1.82. The number of nitriles is 1. The molecule has 1 saturated carbocycles. The lowest BCUT2D eigenvalue weighted by Gasteiger charge is -2.28. The Hall–Kier alpha value is -2.16. The van der Waals surface area contributed by atoms with E-state index in [1.54, 1.807) is 0 Å². The van der Waals surface area contributed by atoms with Gasteiger partial charge in [-0.25, -0.2) is 0 Å². The fraction of sp³-hybridized carbons (Fsp3) is 0.474. The van der Waals surface area contributed by atoms with Gasteiger partial charge in [0, 0.05) is 37.5 Å². The van der Waals surface area contributed by atoms with Crippen molar-refractivity contribution in [3.8, 4) is 17.3 Å². The maximum atomic E-state index is 10.6. The van der Waals surface area contributed by atoms with E-state index in [9.17, 15) is 5.11 Å². The molecule has 0 spiro atoms. The van der Waals surface area contributed by atoms with Crippen LogP contribution in [0, 0.1) is 11.3 Å². The molecule has 5 heteroatoms. The number of likely N-dealkylation sites (N-methyl/N-ethyl adjacent to an activating group) is 1. The first-order valence-electron chi connectivity index (χ1n) is 8.43. The minimum Gasteiger partial charge on any atom is -0.389 e. The molecule has 24 heavy (non-hydrogen) atoms. The molecule has 0 bridgehead atoms. The standard InChI is InChI=1S/C19H24N4O/c1-22(14-19(24)9-3-4-10-19)12-17-13-23(2)21-18(17)16-7-5-15(11-20)6-8-16/h5-8,13,24H,3-4,9-10,12,14H2,1-2H3. The Balaban J connectivity index is 1.77. The molecule has 1 aromatic carbocycles. The molecule has 1 heterocycles. The highest BCUT2D eigenvalue weighted by molar-refractivity contribution is 5.63.